The second-order valence-electron chi connectivity index (χ2n) is 5.61. The van der Waals surface area contributed by atoms with E-state index in [-0.39, 0.29) is 17.2 Å². The van der Waals surface area contributed by atoms with Crippen LogP contribution in [0, 0.1) is 0 Å². The molecule has 0 bridgehead atoms. The van der Waals surface area contributed by atoms with Gasteiger partial charge >= 0.3 is 5.97 Å². The van der Waals surface area contributed by atoms with Gasteiger partial charge in [-0.3, -0.25) is 4.79 Å². The van der Waals surface area contributed by atoms with Gasteiger partial charge in [-0.05, 0) is 47.2 Å². The van der Waals surface area contributed by atoms with Gasteiger partial charge in [-0.15, -0.1) is 0 Å². The molecule has 1 aliphatic rings. The van der Waals surface area contributed by atoms with Crippen LogP contribution in [0.1, 0.15) is 47.0 Å². The van der Waals surface area contributed by atoms with Crippen molar-refractivity contribution < 1.29 is 9.53 Å². The highest BCUT2D eigenvalue weighted by molar-refractivity contribution is 5.69. The first kappa shape index (κ1) is 14.1. The van der Waals surface area contributed by atoms with Gasteiger partial charge in [0, 0.05) is 12.8 Å². The maximum Gasteiger partial charge on any atom is 0.306 e. The van der Waals surface area contributed by atoms with Crippen LogP contribution < -0.4 is 5.32 Å². The van der Waals surface area contributed by atoms with E-state index in [1.54, 1.807) is 0 Å². The van der Waals surface area contributed by atoms with Crippen molar-refractivity contribution in [2.24, 2.45) is 10.2 Å². The lowest BCUT2D eigenvalue weighted by Gasteiger charge is -2.19. The normalized spacial score (nSPS) is 16.9. The van der Waals surface area contributed by atoms with Gasteiger partial charge in [0.2, 0.25) is 0 Å². The van der Waals surface area contributed by atoms with E-state index in [9.17, 15) is 4.79 Å². The van der Waals surface area contributed by atoms with Crippen molar-refractivity contribution in [3.05, 3.63) is 0 Å². The zero-order valence-electron chi connectivity index (χ0n) is 11.2. The number of hydrogen-bond acceptors (Lipinski definition) is 5. The fourth-order valence-electron chi connectivity index (χ4n) is 1.39. The molecule has 0 radical (unpaired) electrons. The molecule has 0 atom stereocenters. The lowest BCUT2D eigenvalue weighted by molar-refractivity contribution is -0.154. The third-order valence-corrected chi connectivity index (χ3v) is 2.37. The Bertz CT molecular complexity index is 289. The number of nitrogens with zero attached hydrogens (tertiary/aromatic N) is 2. The van der Waals surface area contributed by atoms with Gasteiger partial charge in [-0.25, -0.2) is 0 Å². The number of hydrogen-bond donors (Lipinski definition) is 1. The third-order valence-electron chi connectivity index (χ3n) is 2.37. The second-order valence-corrected chi connectivity index (χ2v) is 5.61. The molecule has 0 saturated carbocycles. The molecule has 0 spiro atoms. The minimum Gasteiger partial charge on any atom is -0.460 e. The lowest BCUT2D eigenvalue weighted by Crippen LogP contribution is -2.25. The number of carbonyl (C=O) groups is 1. The molecule has 98 valence electrons. The Morgan fingerprint density at radius 2 is 1.94 bits per heavy atom. The third kappa shape index (κ3) is 7.05. The van der Waals surface area contributed by atoms with Crippen LogP contribution in [-0.2, 0) is 9.53 Å². The summed E-state index contributed by atoms with van der Waals surface area (Å²) in [5, 5.41) is 11.1. The summed E-state index contributed by atoms with van der Waals surface area (Å²) >= 11 is 0. The molecular weight excluding hydrogens is 218 g/mol. The number of esters is 1. The summed E-state index contributed by atoms with van der Waals surface area (Å²) in [6, 6.07) is 0. The number of nitrogens with one attached hydrogen (secondary N) is 1. The van der Waals surface area contributed by atoms with Crippen LogP contribution in [0.25, 0.3) is 0 Å². The summed E-state index contributed by atoms with van der Waals surface area (Å²) in [7, 11) is 0. The monoisotopic (exact) mass is 241 g/mol. The number of ether oxygens (including phenoxy) is 1. The van der Waals surface area contributed by atoms with Crippen molar-refractivity contribution in [1.82, 2.24) is 5.32 Å². The van der Waals surface area contributed by atoms with E-state index >= 15 is 0 Å². The topological polar surface area (TPSA) is 63.0 Å². The van der Waals surface area contributed by atoms with Crippen LogP contribution in [0.15, 0.2) is 10.2 Å². The summed E-state index contributed by atoms with van der Waals surface area (Å²) in [5.41, 5.74) is -0.508. The van der Waals surface area contributed by atoms with Crippen LogP contribution in [0.2, 0.25) is 0 Å². The van der Waals surface area contributed by atoms with Crippen LogP contribution >= 0.6 is 0 Å². The lowest BCUT2D eigenvalue weighted by atomic mass is 10.2. The smallest absolute Gasteiger partial charge is 0.306 e. The van der Waals surface area contributed by atoms with Crippen LogP contribution in [0.5, 0.6) is 0 Å². The van der Waals surface area contributed by atoms with Gasteiger partial charge in [-0.2, -0.15) is 10.2 Å². The Kier molecular flexibility index (Phi) is 4.62. The Morgan fingerprint density at radius 3 is 2.47 bits per heavy atom. The molecule has 5 heteroatoms. The predicted octanol–water partition coefficient (Wildman–Crippen LogP) is 2.27. The molecule has 0 amide bonds. The molecule has 1 aliphatic heterocycles. The SMILES string of the molecule is CC1(CCNCCCC(=O)OC(C)(C)C)N=N1. The fourth-order valence-corrected chi connectivity index (χ4v) is 1.39. The Hall–Kier alpha value is -0.970. The molecule has 1 N–H and O–H groups in total. The molecule has 0 aromatic carbocycles. The van der Waals surface area contributed by atoms with E-state index in [0.717, 1.165) is 25.9 Å². The molecule has 17 heavy (non-hydrogen) atoms. The molecule has 1 rings (SSSR count). The van der Waals surface area contributed by atoms with Gasteiger partial charge in [0.05, 0.1) is 0 Å². The van der Waals surface area contributed by atoms with Crippen molar-refractivity contribution in [2.45, 2.75) is 58.2 Å². The predicted molar refractivity (Wildman–Crippen MR) is 65.8 cm³/mol. The van der Waals surface area contributed by atoms with Crippen molar-refractivity contribution in [1.29, 1.82) is 0 Å². The Labute approximate surface area is 103 Å². The van der Waals surface area contributed by atoms with Gasteiger partial charge in [0.15, 0.2) is 5.66 Å². The molecule has 0 aromatic rings. The number of rotatable bonds is 7. The maximum absolute atomic E-state index is 11.4. The highest BCUT2D eigenvalue weighted by Gasteiger charge is 2.32. The van der Waals surface area contributed by atoms with E-state index in [0.29, 0.717) is 6.42 Å². The standard InChI is InChI=1S/C12H23N3O2/c1-11(2,3)17-10(16)6-5-8-13-9-7-12(4)14-15-12/h13H,5-9H2,1-4H3. The zero-order valence-corrected chi connectivity index (χ0v) is 11.2. The summed E-state index contributed by atoms with van der Waals surface area (Å²) in [6.45, 7) is 9.37. The van der Waals surface area contributed by atoms with Crippen LogP contribution in [-0.4, -0.2) is 30.3 Å². The minimum atomic E-state index is -0.381. The van der Waals surface area contributed by atoms with Crippen LogP contribution in [0.3, 0.4) is 0 Å². The first-order chi connectivity index (χ1) is 7.81. The molecule has 0 aliphatic carbocycles. The zero-order chi connectivity index (χ0) is 12.9. The first-order valence-electron chi connectivity index (χ1n) is 6.17. The Balaban J connectivity index is 1.91. The van der Waals surface area contributed by atoms with Gasteiger partial charge in [0.1, 0.15) is 5.60 Å². The van der Waals surface area contributed by atoms with Crippen molar-refractivity contribution in [2.75, 3.05) is 13.1 Å². The van der Waals surface area contributed by atoms with Crippen molar-refractivity contribution in [3.63, 3.8) is 0 Å². The Morgan fingerprint density at radius 1 is 1.29 bits per heavy atom. The molecule has 0 fully saturated rings. The summed E-state index contributed by atoms with van der Waals surface area (Å²) in [6.07, 6.45) is 2.20. The summed E-state index contributed by atoms with van der Waals surface area (Å²) in [4.78, 5) is 11.4. The molecule has 0 unspecified atom stereocenters. The fraction of sp³-hybridized carbons (Fsp3) is 0.917. The van der Waals surface area contributed by atoms with E-state index < -0.39 is 0 Å². The molecule has 0 saturated heterocycles. The van der Waals surface area contributed by atoms with Crippen molar-refractivity contribution in [3.8, 4) is 0 Å². The summed E-state index contributed by atoms with van der Waals surface area (Å²) in [5.74, 6) is -0.126. The largest absolute Gasteiger partial charge is 0.460 e. The van der Waals surface area contributed by atoms with Crippen molar-refractivity contribution >= 4 is 5.97 Å². The van der Waals surface area contributed by atoms with E-state index in [4.69, 9.17) is 4.74 Å². The maximum atomic E-state index is 11.4. The van der Waals surface area contributed by atoms with E-state index in [1.807, 2.05) is 27.7 Å². The highest BCUT2D eigenvalue weighted by atomic mass is 16.6. The number of carbonyl (C=O) groups excluding carboxylic acids is 1. The minimum absolute atomic E-state index is 0.126. The molecule has 1 heterocycles. The highest BCUT2D eigenvalue weighted by Crippen LogP contribution is 2.29. The second kappa shape index (κ2) is 5.58. The van der Waals surface area contributed by atoms with E-state index in [2.05, 4.69) is 15.5 Å². The molecular formula is C12H23N3O2. The molecule has 0 aromatic heterocycles. The quantitative estimate of drug-likeness (QED) is 0.549. The average molecular weight is 241 g/mol. The first-order valence-corrected chi connectivity index (χ1v) is 6.17. The average Bonchev–Trinajstić information content (AvgIpc) is 2.87. The van der Waals surface area contributed by atoms with Gasteiger partial charge in [-0.1, -0.05) is 0 Å². The van der Waals surface area contributed by atoms with Gasteiger partial charge < -0.3 is 10.1 Å². The summed E-state index contributed by atoms with van der Waals surface area (Å²) < 4.78 is 5.21. The molecule has 5 nitrogen and oxygen atoms in total. The van der Waals surface area contributed by atoms with E-state index in [1.165, 1.54) is 0 Å². The van der Waals surface area contributed by atoms with Crippen LogP contribution in [0.4, 0.5) is 0 Å². The van der Waals surface area contributed by atoms with Gasteiger partial charge in [0.25, 0.3) is 0 Å².